The quantitative estimate of drug-likeness (QED) is 0.236. The van der Waals surface area contributed by atoms with Crippen molar-refractivity contribution in [1.29, 1.82) is 0 Å². The van der Waals surface area contributed by atoms with E-state index in [1.54, 1.807) is 24.3 Å². The number of hydrogen-bond acceptors (Lipinski definition) is 8. The molecule has 1 aliphatic heterocycles. The van der Waals surface area contributed by atoms with E-state index in [2.05, 4.69) is 20.0 Å². The molecule has 3 heterocycles. The summed E-state index contributed by atoms with van der Waals surface area (Å²) in [6, 6.07) is 18.3. The van der Waals surface area contributed by atoms with Crippen molar-refractivity contribution in [3.8, 4) is 28.1 Å². The first-order valence-corrected chi connectivity index (χ1v) is 15.4. The molecule has 1 aliphatic rings. The smallest absolute Gasteiger partial charge is 0.264 e. The van der Waals surface area contributed by atoms with E-state index in [-0.39, 0.29) is 17.5 Å². The molecule has 0 radical (unpaired) electrons. The highest BCUT2D eigenvalue weighted by Gasteiger charge is 2.23. The molecule has 1 amide bonds. The van der Waals surface area contributed by atoms with Crippen molar-refractivity contribution in [2.24, 2.45) is 0 Å². The number of nitrogens with zero attached hydrogens (tertiary/aromatic N) is 3. The van der Waals surface area contributed by atoms with Gasteiger partial charge in [0.05, 0.1) is 12.6 Å². The van der Waals surface area contributed by atoms with Crippen LogP contribution in [0, 0.1) is 11.6 Å². The van der Waals surface area contributed by atoms with E-state index < -0.39 is 26.6 Å². The molecule has 45 heavy (non-hydrogen) atoms. The van der Waals surface area contributed by atoms with Gasteiger partial charge in [0.1, 0.15) is 28.0 Å². The van der Waals surface area contributed by atoms with Crippen molar-refractivity contribution in [2.75, 3.05) is 43.7 Å². The van der Waals surface area contributed by atoms with Crippen molar-refractivity contribution in [1.82, 2.24) is 20.2 Å². The number of aromatic nitrogens is 2. The Morgan fingerprint density at radius 3 is 2.40 bits per heavy atom. The molecule has 4 N–H and O–H groups in total. The number of pyridine rings is 2. The van der Waals surface area contributed by atoms with Crippen molar-refractivity contribution in [3.63, 3.8) is 0 Å². The number of carbonyl (C=O) groups excluding carboxylic acids is 1. The molecule has 0 aliphatic carbocycles. The second kappa shape index (κ2) is 12.1. The number of rotatable bonds is 7. The number of benzene rings is 3. The Bertz CT molecular complexity index is 2030. The summed E-state index contributed by atoms with van der Waals surface area (Å²) in [5.74, 6) is -1.87. The third-order valence-electron chi connectivity index (χ3n) is 7.50. The van der Waals surface area contributed by atoms with Gasteiger partial charge in [-0.2, -0.15) is 0 Å². The van der Waals surface area contributed by atoms with Crippen molar-refractivity contribution < 1.29 is 26.7 Å². The number of carbonyl (C=O) groups is 1. The molecule has 1 saturated heterocycles. The standard InChI is InChI=1S/C32H28F2N6O4S/c1-44-31-28(39-45(42,43)29-9-7-24(33)17-26(29)34)16-23(18-37-31)21-6-8-27-22(14-21)15-25(30(35)38-27)19-2-4-20(5-3-19)32(41)40-12-10-36-11-13-40/h2-9,14-18,36,39H,10-13H2,1H3,(H2,35,38). The summed E-state index contributed by atoms with van der Waals surface area (Å²) in [6.07, 6.45) is 1.51. The molecule has 0 unspecified atom stereocenters. The average molecular weight is 631 g/mol. The molecule has 1 fully saturated rings. The van der Waals surface area contributed by atoms with E-state index in [1.165, 1.54) is 19.4 Å². The van der Waals surface area contributed by atoms with Gasteiger partial charge in [-0.1, -0.05) is 18.2 Å². The molecule has 5 aromatic rings. The highest BCUT2D eigenvalue weighted by molar-refractivity contribution is 7.92. The van der Waals surface area contributed by atoms with Crippen molar-refractivity contribution in [3.05, 3.63) is 96.2 Å². The predicted octanol–water partition coefficient (Wildman–Crippen LogP) is 4.68. The summed E-state index contributed by atoms with van der Waals surface area (Å²) in [5, 5.41) is 3.99. The minimum atomic E-state index is -4.45. The van der Waals surface area contributed by atoms with E-state index in [0.717, 1.165) is 36.2 Å². The van der Waals surface area contributed by atoms with Crippen LogP contribution in [0.4, 0.5) is 20.3 Å². The van der Waals surface area contributed by atoms with E-state index in [1.807, 2.05) is 29.2 Å². The topological polar surface area (TPSA) is 140 Å². The minimum absolute atomic E-state index is 0.0186. The molecular formula is C32H28F2N6O4S. The van der Waals surface area contributed by atoms with Gasteiger partial charge in [-0.25, -0.2) is 27.2 Å². The van der Waals surface area contributed by atoms with E-state index in [4.69, 9.17) is 10.5 Å². The molecule has 3 aromatic carbocycles. The fourth-order valence-corrected chi connectivity index (χ4v) is 6.29. The Kier molecular flexibility index (Phi) is 8.04. The lowest BCUT2D eigenvalue weighted by molar-refractivity contribution is 0.0736. The van der Waals surface area contributed by atoms with Crippen molar-refractivity contribution >= 4 is 38.3 Å². The van der Waals surface area contributed by atoms with Crippen LogP contribution < -0.4 is 20.5 Å². The number of nitrogens with one attached hydrogen (secondary N) is 2. The Labute approximate surface area is 257 Å². The number of ether oxygens (including phenoxy) is 1. The average Bonchev–Trinajstić information content (AvgIpc) is 3.04. The molecule has 0 saturated carbocycles. The van der Waals surface area contributed by atoms with Crippen molar-refractivity contribution in [2.45, 2.75) is 4.90 Å². The summed E-state index contributed by atoms with van der Waals surface area (Å²) >= 11 is 0. The van der Waals surface area contributed by atoms with Crippen LogP contribution in [0.25, 0.3) is 33.2 Å². The Morgan fingerprint density at radius 2 is 1.69 bits per heavy atom. The number of nitrogens with two attached hydrogens (primary N) is 1. The highest BCUT2D eigenvalue weighted by Crippen LogP contribution is 2.34. The van der Waals surface area contributed by atoms with E-state index in [9.17, 15) is 22.0 Å². The van der Waals surface area contributed by atoms with Gasteiger partial charge in [0, 0.05) is 60.5 Å². The number of fused-ring (bicyclic) bond motifs is 1. The number of halogens is 2. The third-order valence-corrected chi connectivity index (χ3v) is 8.90. The number of sulfonamides is 1. The van der Waals surface area contributed by atoms with Gasteiger partial charge in [0.15, 0.2) is 0 Å². The normalized spacial score (nSPS) is 13.5. The molecule has 0 bridgehead atoms. The Balaban J connectivity index is 1.31. The maximum atomic E-state index is 14.3. The zero-order chi connectivity index (χ0) is 31.7. The predicted molar refractivity (Wildman–Crippen MR) is 167 cm³/mol. The first-order chi connectivity index (χ1) is 21.6. The number of anilines is 2. The van der Waals surface area contributed by atoms with Crippen LogP contribution in [0.1, 0.15) is 10.4 Å². The van der Waals surface area contributed by atoms with Gasteiger partial charge < -0.3 is 20.7 Å². The lowest BCUT2D eigenvalue weighted by atomic mass is 10.00. The molecular weight excluding hydrogens is 602 g/mol. The minimum Gasteiger partial charge on any atom is -0.480 e. The lowest BCUT2D eigenvalue weighted by Gasteiger charge is -2.27. The number of hydrogen-bond donors (Lipinski definition) is 3. The van der Waals surface area contributed by atoms with Crippen LogP contribution in [0.2, 0.25) is 0 Å². The molecule has 2 aromatic heterocycles. The van der Waals surface area contributed by atoms with Gasteiger partial charge >= 0.3 is 0 Å². The fraction of sp³-hybridized carbons (Fsp3) is 0.156. The van der Waals surface area contributed by atoms with Crippen LogP contribution >= 0.6 is 0 Å². The van der Waals surface area contributed by atoms with Crippen LogP contribution in [0.15, 0.2) is 83.9 Å². The summed E-state index contributed by atoms with van der Waals surface area (Å²) < 4.78 is 61.1. The van der Waals surface area contributed by atoms with Gasteiger partial charge in [0.2, 0.25) is 5.88 Å². The van der Waals surface area contributed by atoms with E-state index in [0.29, 0.717) is 52.7 Å². The summed E-state index contributed by atoms with van der Waals surface area (Å²) in [7, 11) is -3.13. The van der Waals surface area contributed by atoms with Gasteiger partial charge in [0.25, 0.3) is 15.9 Å². The van der Waals surface area contributed by atoms with Gasteiger partial charge in [-0.3, -0.25) is 9.52 Å². The summed E-state index contributed by atoms with van der Waals surface area (Å²) in [4.78, 5) is 22.8. The SMILES string of the molecule is COc1ncc(-c2ccc3nc(N)c(-c4ccc(C(=O)N5CCNCC5)cc4)cc3c2)cc1NS(=O)(=O)c1ccc(F)cc1F. The largest absolute Gasteiger partial charge is 0.480 e. The van der Waals surface area contributed by atoms with Crippen LogP contribution in [0.5, 0.6) is 5.88 Å². The maximum absolute atomic E-state index is 14.3. The molecule has 0 spiro atoms. The van der Waals surface area contributed by atoms with Crippen LogP contribution in [-0.2, 0) is 10.0 Å². The maximum Gasteiger partial charge on any atom is 0.264 e. The first kappa shape index (κ1) is 29.9. The molecule has 6 rings (SSSR count). The van der Waals surface area contributed by atoms with Gasteiger partial charge in [-0.05, 0) is 59.7 Å². The molecule has 0 atom stereocenters. The second-order valence-electron chi connectivity index (χ2n) is 10.4. The second-order valence-corrected chi connectivity index (χ2v) is 12.1. The highest BCUT2D eigenvalue weighted by atomic mass is 32.2. The Hall–Kier alpha value is -5.14. The number of nitrogen functional groups attached to an aromatic ring is 1. The number of amides is 1. The van der Waals surface area contributed by atoms with Crippen LogP contribution in [-0.4, -0.2) is 62.5 Å². The zero-order valence-electron chi connectivity index (χ0n) is 24.1. The summed E-state index contributed by atoms with van der Waals surface area (Å²) in [5.41, 5.74) is 10.2. The molecule has 10 nitrogen and oxygen atoms in total. The Morgan fingerprint density at radius 1 is 0.956 bits per heavy atom. The molecule has 230 valence electrons. The zero-order valence-corrected chi connectivity index (χ0v) is 24.9. The summed E-state index contributed by atoms with van der Waals surface area (Å²) in [6.45, 7) is 2.86. The molecule has 13 heteroatoms. The van der Waals surface area contributed by atoms with Gasteiger partial charge in [-0.15, -0.1) is 0 Å². The monoisotopic (exact) mass is 630 g/mol. The van der Waals surface area contributed by atoms with Crippen LogP contribution in [0.3, 0.4) is 0 Å². The fourth-order valence-electron chi connectivity index (χ4n) is 5.18. The number of piperazine rings is 1. The lowest BCUT2D eigenvalue weighted by Crippen LogP contribution is -2.46. The van der Waals surface area contributed by atoms with E-state index >= 15 is 0 Å². The number of methoxy groups -OCH3 is 1. The first-order valence-electron chi connectivity index (χ1n) is 14.0. The third kappa shape index (κ3) is 6.12.